The van der Waals surface area contributed by atoms with Gasteiger partial charge in [0.05, 0.1) is 5.69 Å². The lowest BCUT2D eigenvalue weighted by Gasteiger charge is -2.32. The van der Waals surface area contributed by atoms with Crippen LogP contribution in [0.15, 0.2) is 30.5 Å². The largest absolute Gasteiger partial charge is 0.508 e. The van der Waals surface area contributed by atoms with Crippen LogP contribution in [0.4, 0.5) is 5.82 Å². The summed E-state index contributed by atoms with van der Waals surface area (Å²) < 4.78 is 1.39. The quantitative estimate of drug-likeness (QED) is 0.815. The van der Waals surface area contributed by atoms with Crippen molar-refractivity contribution in [3.8, 4) is 11.4 Å². The third-order valence-electron chi connectivity index (χ3n) is 5.37. The smallest absolute Gasteiger partial charge is 0.341 e. The maximum Gasteiger partial charge on any atom is 0.341 e. The molecule has 0 unspecified atom stereocenters. The Morgan fingerprint density at radius 1 is 1.21 bits per heavy atom. The summed E-state index contributed by atoms with van der Waals surface area (Å²) in [5.41, 5.74) is 0.492. The van der Waals surface area contributed by atoms with Crippen molar-refractivity contribution in [3.05, 3.63) is 36.0 Å². The summed E-state index contributed by atoms with van der Waals surface area (Å²) in [5, 5.41) is 23.8. The van der Waals surface area contributed by atoms with Crippen LogP contribution in [0.25, 0.3) is 5.69 Å². The maximum atomic E-state index is 13.3. The fourth-order valence-corrected chi connectivity index (χ4v) is 3.77. The van der Waals surface area contributed by atoms with Gasteiger partial charge in [0.2, 0.25) is 5.91 Å². The normalized spacial score (nSPS) is 19.6. The number of aromatic nitrogens is 2. The Morgan fingerprint density at radius 2 is 1.89 bits per heavy atom. The van der Waals surface area contributed by atoms with Gasteiger partial charge < -0.3 is 10.2 Å². The van der Waals surface area contributed by atoms with Crippen LogP contribution >= 0.6 is 0 Å². The van der Waals surface area contributed by atoms with Crippen molar-refractivity contribution in [1.82, 2.24) is 9.78 Å². The molecule has 3 rings (SSSR count). The molecule has 1 heterocycles. The molecule has 0 bridgehead atoms. The summed E-state index contributed by atoms with van der Waals surface area (Å²) in [5.74, 6) is -0.487. The lowest BCUT2D eigenvalue weighted by atomic mass is 9.82. The molecule has 1 aliphatic carbocycles. The van der Waals surface area contributed by atoms with Gasteiger partial charge in [0.15, 0.2) is 5.82 Å². The standard InChI is InChI=1S/C21H27N3O4/c1-13(2)24(20(26)15-9-7-14(3)8-10-15)19-18(21(27)28)12-23(22-19)16-5-4-6-17(25)11-16/h4-6,11-15,25H,7-10H2,1-3H3,(H,27,28)/t14-,15-. The molecular formula is C21H27N3O4. The van der Waals surface area contributed by atoms with Crippen LogP contribution in [0.2, 0.25) is 0 Å². The summed E-state index contributed by atoms with van der Waals surface area (Å²) in [6.07, 6.45) is 5.04. The first-order valence-electron chi connectivity index (χ1n) is 9.73. The van der Waals surface area contributed by atoms with Crippen molar-refractivity contribution < 1.29 is 19.8 Å². The minimum atomic E-state index is -1.14. The van der Waals surface area contributed by atoms with Gasteiger partial charge in [-0.05, 0) is 57.6 Å². The van der Waals surface area contributed by atoms with Gasteiger partial charge in [0.1, 0.15) is 11.3 Å². The van der Waals surface area contributed by atoms with E-state index in [4.69, 9.17) is 0 Å². The van der Waals surface area contributed by atoms with E-state index in [1.165, 1.54) is 27.9 Å². The van der Waals surface area contributed by atoms with Crippen molar-refractivity contribution in [2.45, 2.75) is 52.5 Å². The Bertz CT molecular complexity index is 866. The molecule has 0 aliphatic heterocycles. The van der Waals surface area contributed by atoms with Crippen LogP contribution in [-0.2, 0) is 4.79 Å². The summed E-state index contributed by atoms with van der Waals surface area (Å²) in [4.78, 5) is 26.6. The zero-order chi connectivity index (χ0) is 20.4. The molecule has 1 amide bonds. The second-order valence-electron chi connectivity index (χ2n) is 7.89. The van der Waals surface area contributed by atoms with Gasteiger partial charge in [-0.1, -0.05) is 13.0 Å². The number of rotatable bonds is 5. The third-order valence-corrected chi connectivity index (χ3v) is 5.37. The molecule has 2 aromatic rings. The van der Waals surface area contributed by atoms with Crippen molar-refractivity contribution in [1.29, 1.82) is 0 Å². The van der Waals surface area contributed by atoms with Crippen LogP contribution in [0.5, 0.6) is 5.75 Å². The first kappa shape index (κ1) is 19.9. The van der Waals surface area contributed by atoms with Crippen LogP contribution < -0.4 is 4.90 Å². The highest BCUT2D eigenvalue weighted by molar-refractivity contribution is 6.01. The number of amides is 1. The van der Waals surface area contributed by atoms with E-state index in [2.05, 4.69) is 12.0 Å². The van der Waals surface area contributed by atoms with Crippen molar-refractivity contribution in [3.63, 3.8) is 0 Å². The second-order valence-corrected chi connectivity index (χ2v) is 7.89. The van der Waals surface area contributed by atoms with Gasteiger partial charge in [-0.2, -0.15) is 0 Å². The number of phenols is 1. The third kappa shape index (κ3) is 4.03. The van der Waals surface area contributed by atoms with E-state index in [0.29, 0.717) is 11.6 Å². The fraction of sp³-hybridized carbons (Fsp3) is 0.476. The SMILES string of the molecule is CC(C)N(c1nn(-c2cccc(O)c2)cc1C(=O)O)C(=O)[C@H]1CC[C@H](C)CC1. The molecule has 1 fully saturated rings. The molecule has 0 spiro atoms. The number of hydrogen-bond acceptors (Lipinski definition) is 4. The molecule has 0 saturated heterocycles. The van der Waals surface area contributed by atoms with Gasteiger partial charge in [0.25, 0.3) is 0 Å². The van der Waals surface area contributed by atoms with Crippen molar-refractivity contribution in [2.24, 2.45) is 11.8 Å². The molecule has 7 nitrogen and oxygen atoms in total. The number of hydrogen-bond donors (Lipinski definition) is 2. The van der Waals surface area contributed by atoms with Gasteiger partial charge in [-0.25, -0.2) is 9.48 Å². The monoisotopic (exact) mass is 385 g/mol. The van der Waals surface area contributed by atoms with Crippen LogP contribution in [0, 0.1) is 11.8 Å². The fourth-order valence-electron chi connectivity index (χ4n) is 3.77. The van der Waals surface area contributed by atoms with E-state index in [1.807, 2.05) is 13.8 Å². The first-order chi connectivity index (χ1) is 13.3. The highest BCUT2D eigenvalue weighted by Gasteiger charge is 2.34. The van der Waals surface area contributed by atoms with E-state index in [-0.39, 0.29) is 35.0 Å². The number of carboxylic acids is 1. The van der Waals surface area contributed by atoms with Gasteiger partial charge in [0, 0.05) is 24.2 Å². The van der Waals surface area contributed by atoms with Crippen molar-refractivity contribution in [2.75, 3.05) is 4.90 Å². The summed E-state index contributed by atoms with van der Waals surface area (Å²) in [6, 6.07) is 6.16. The molecule has 150 valence electrons. The van der Waals surface area contributed by atoms with Gasteiger partial charge in [-0.15, -0.1) is 5.10 Å². The van der Waals surface area contributed by atoms with Crippen LogP contribution in [0.1, 0.15) is 56.8 Å². The molecule has 1 saturated carbocycles. The van der Waals surface area contributed by atoms with E-state index in [1.54, 1.807) is 12.1 Å². The molecule has 2 N–H and O–H groups in total. The average molecular weight is 385 g/mol. The molecule has 28 heavy (non-hydrogen) atoms. The Balaban J connectivity index is 2.00. The predicted octanol–water partition coefficient (Wildman–Crippen LogP) is 3.84. The minimum Gasteiger partial charge on any atom is -0.508 e. The number of anilines is 1. The maximum absolute atomic E-state index is 13.3. The molecule has 7 heteroatoms. The molecule has 1 aliphatic rings. The number of carbonyl (C=O) groups excluding carboxylic acids is 1. The lowest BCUT2D eigenvalue weighted by Crippen LogP contribution is -2.43. The number of aromatic carboxylic acids is 1. The summed E-state index contributed by atoms with van der Waals surface area (Å²) in [7, 11) is 0. The molecule has 0 atom stereocenters. The van der Waals surface area contributed by atoms with Gasteiger partial charge >= 0.3 is 5.97 Å². The number of nitrogens with zero attached hydrogens (tertiary/aromatic N) is 3. The second kappa shape index (κ2) is 8.04. The lowest BCUT2D eigenvalue weighted by molar-refractivity contribution is -0.123. The number of carboxylic acid groups (broad SMARTS) is 1. The number of benzene rings is 1. The van der Waals surface area contributed by atoms with Crippen LogP contribution in [0.3, 0.4) is 0 Å². The summed E-state index contributed by atoms with van der Waals surface area (Å²) in [6.45, 7) is 5.92. The van der Waals surface area contributed by atoms with E-state index >= 15 is 0 Å². The average Bonchev–Trinajstić information content (AvgIpc) is 3.07. The zero-order valence-electron chi connectivity index (χ0n) is 16.5. The Morgan fingerprint density at radius 3 is 2.46 bits per heavy atom. The predicted molar refractivity (Wildman–Crippen MR) is 106 cm³/mol. The molecule has 1 aromatic carbocycles. The first-order valence-corrected chi connectivity index (χ1v) is 9.73. The topological polar surface area (TPSA) is 95.7 Å². The Labute approximate surface area is 164 Å². The Kier molecular flexibility index (Phi) is 5.72. The van der Waals surface area contributed by atoms with Crippen molar-refractivity contribution >= 4 is 17.7 Å². The molecule has 0 radical (unpaired) electrons. The highest BCUT2D eigenvalue weighted by atomic mass is 16.4. The number of carbonyl (C=O) groups is 2. The van der Waals surface area contributed by atoms with Gasteiger partial charge in [-0.3, -0.25) is 9.69 Å². The van der Waals surface area contributed by atoms with E-state index in [0.717, 1.165) is 25.7 Å². The van der Waals surface area contributed by atoms with Crippen LogP contribution in [-0.4, -0.2) is 37.9 Å². The minimum absolute atomic E-state index is 0.0328. The zero-order valence-corrected chi connectivity index (χ0v) is 16.5. The summed E-state index contributed by atoms with van der Waals surface area (Å²) >= 11 is 0. The van der Waals surface area contributed by atoms with E-state index < -0.39 is 5.97 Å². The van der Waals surface area contributed by atoms with E-state index in [9.17, 15) is 19.8 Å². The Hall–Kier alpha value is -2.83. The number of aromatic hydroxyl groups is 1. The number of phenolic OH excluding ortho intramolecular Hbond substituents is 1. The highest BCUT2D eigenvalue weighted by Crippen LogP contribution is 2.32. The molecular weight excluding hydrogens is 358 g/mol. The molecule has 1 aromatic heterocycles.